The number of carbonyl (C=O) groups is 3. The second-order valence-electron chi connectivity index (χ2n) is 8.27. The number of amides is 3. The van der Waals surface area contributed by atoms with Crippen molar-refractivity contribution in [2.75, 3.05) is 30.4 Å². The third-order valence-corrected chi connectivity index (χ3v) is 5.73. The average molecular weight is 462 g/mol. The number of ether oxygens (including phenoxy) is 1. The molecular weight excluding hydrogens is 434 g/mol. The molecule has 1 unspecified atom stereocenters. The number of hydrogen-bond acceptors (Lipinski definition) is 5. The van der Waals surface area contributed by atoms with E-state index >= 15 is 0 Å². The number of carbonyl (C=O) groups excluding carboxylic acids is 3. The van der Waals surface area contributed by atoms with Crippen LogP contribution in [0.4, 0.5) is 11.4 Å². The molecule has 0 spiro atoms. The number of nitrogens with zero attached hydrogens (tertiary/aromatic N) is 2. The van der Waals surface area contributed by atoms with Gasteiger partial charge < -0.3 is 24.3 Å². The summed E-state index contributed by atoms with van der Waals surface area (Å²) in [6.07, 6.45) is 1.58. The summed E-state index contributed by atoms with van der Waals surface area (Å²) >= 11 is 0. The monoisotopic (exact) mass is 461 g/mol. The van der Waals surface area contributed by atoms with Crippen molar-refractivity contribution < 1.29 is 23.5 Å². The van der Waals surface area contributed by atoms with Gasteiger partial charge in [-0.2, -0.15) is 0 Å². The van der Waals surface area contributed by atoms with Crippen molar-refractivity contribution in [2.24, 2.45) is 5.92 Å². The van der Waals surface area contributed by atoms with Gasteiger partial charge in [-0.15, -0.1) is 0 Å². The molecule has 34 heavy (non-hydrogen) atoms. The van der Waals surface area contributed by atoms with Crippen LogP contribution in [0.2, 0.25) is 0 Å². The standard InChI is InChI=1S/C26H27N3O5/c1-18-10-11-23(33-2)22(13-18)29-15-19(14-25(29)31)26(32)28(16-21-9-6-12-34-21)17-24(30)27-20-7-4-3-5-8-20/h3-13,19H,14-17H2,1-2H3,(H,27,30). The zero-order chi connectivity index (χ0) is 24.1. The minimum atomic E-state index is -0.586. The molecule has 1 aliphatic heterocycles. The van der Waals surface area contributed by atoms with Crippen molar-refractivity contribution >= 4 is 29.1 Å². The average Bonchev–Trinajstić information content (AvgIpc) is 3.48. The van der Waals surface area contributed by atoms with Crippen LogP contribution < -0.4 is 15.0 Å². The molecule has 0 bridgehead atoms. The van der Waals surface area contributed by atoms with Crippen LogP contribution in [0.3, 0.4) is 0 Å². The summed E-state index contributed by atoms with van der Waals surface area (Å²) in [5.41, 5.74) is 2.27. The van der Waals surface area contributed by atoms with Gasteiger partial charge in [-0.3, -0.25) is 14.4 Å². The van der Waals surface area contributed by atoms with Gasteiger partial charge in [0.05, 0.1) is 31.5 Å². The lowest BCUT2D eigenvalue weighted by Crippen LogP contribution is -2.41. The summed E-state index contributed by atoms with van der Waals surface area (Å²) in [6, 6.07) is 18.1. The Morgan fingerprint density at radius 1 is 1.15 bits per heavy atom. The fourth-order valence-electron chi connectivity index (χ4n) is 4.07. The van der Waals surface area contributed by atoms with E-state index in [0.717, 1.165) is 5.56 Å². The lowest BCUT2D eigenvalue weighted by molar-refractivity contribution is -0.139. The fraction of sp³-hybridized carbons (Fsp3) is 0.269. The van der Waals surface area contributed by atoms with Crippen LogP contribution in [0.25, 0.3) is 0 Å². The summed E-state index contributed by atoms with van der Waals surface area (Å²) in [5, 5.41) is 2.80. The summed E-state index contributed by atoms with van der Waals surface area (Å²) < 4.78 is 10.8. The second kappa shape index (κ2) is 10.2. The highest BCUT2D eigenvalue weighted by atomic mass is 16.5. The molecule has 4 rings (SSSR count). The molecule has 1 aromatic heterocycles. The SMILES string of the molecule is COc1ccc(C)cc1N1CC(C(=O)N(CC(=O)Nc2ccccc2)Cc2ccco2)CC1=O. The van der Waals surface area contributed by atoms with Crippen LogP contribution in [-0.2, 0) is 20.9 Å². The van der Waals surface area contributed by atoms with Crippen molar-refractivity contribution in [3.8, 4) is 5.75 Å². The highest BCUT2D eigenvalue weighted by Crippen LogP contribution is 2.34. The van der Waals surface area contributed by atoms with Crippen LogP contribution in [-0.4, -0.2) is 42.8 Å². The summed E-state index contributed by atoms with van der Waals surface area (Å²) in [4.78, 5) is 42.1. The second-order valence-corrected chi connectivity index (χ2v) is 8.27. The van der Waals surface area contributed by atoms with Gasteiger partial charge in [-0.25, -0.2) is 0 Å². The summed E-state index contributed by atoms with van der Waals surface area (Å²) in [5.74, 6) is -0.218. The van der Waals surface area contributed by atoms with E-state index in [1.165, 1.54) is 11.2 Å². The normalized spacial score (nSPS) is 15.3. The molecule has 2 aromatic carbocycles. The lowest BCUT2D eigenvalue weighted by atomic mass is 10.1. The number of aryl methyl sites for hydroxylation is 1. The first-order valence-corrected chi connectivity index (χ1v) is 11.1. The lowest BCUT2D eigenvalue weighted by Gasteiger charge is -2.25. The molecule has 1 aliphatic rings. The smallest absolute Gasteiger partial charge is 0.244 e. The van der Waals surface area contributed by atoms with Crippen molar-refractivity contribution in [2.45, 2.75) is 19.9 Å². The number of anilines is 2. The van der Waals surface area contributed by atoms with Crippen LogP contribution >= 0.6 is 0 Å². The van der Waals surface area contributed by atoms with Gasteiger partial charge >= 0.3 is 0 Å². The highest BCUT2D eigenvalue weighted by molar-refractivity contribution is 6.02. The molecule has 1 atom stereocenters. The Bertz CT molecular complexity index is 1160. The van der Waals surface area contributed by atoms with Crippen LogP contribution in [0, 0.1) is 12.8 Å². The Hall–Kier alpha value is -4.07. The van der Waals surface area contributed by atoms with Gasteiger partial charge in [-0.05, 0) is 48.9 Å². The molecular formula is C26H27N3O5. The highest BCUT2D eigenvalue weighted by Gasteiger charge is 2.38. The third-order valence-electron chi connectivity index (χ3n) is 5.73. The van der Waals surface area contributed by atoms with E-state index in [2.05, 4.69) is 5.32 Å². The maximum atomic E-state index is 13.5. The molecule has 1 N–H and O–H groups in total. The van der Waals surface area contributed by atoms with Crippen molar-refractivity contribution in [1.82, 2.24) is 4.90 Å². The number of benzene rings is 2. The predicted octanol–water partition coefficient (Wildman–Crippen LogP) is 3.62. The molecule has 1 fully saturated rings. The number of hydrogen-bond donors (Lipinski definition) is 1. The van der Waals surface area contributed by atoms with E-state index < -0.39 is 5.92 Å². The molecule has 176 valence electrons. The van der Waals surface area contributed by atoms with Gasteiger partial charge in [0.1, 0.15) is 18.1 Å². The topological polar surface area (TPSA) is 92.1 Å². The van der Waals surface area contributed by atoms with Crippen LogP contribution in [0.15, 0.2) is 71.3 Å². The van der Waals surface area contributed by atoms with Crippen LogP contribution in [0.1, 0.15) is 17.7 Å². The van der Waals surface area contributed by atoms with Gasteiger partial charge in [0.15, 0.2) is 0 Å². The molecule has 3 aromatic rings. The molecule has 2 heterocycles. The van der Waals surface area contributed by atoms with E-state index in [4.69, 9.17) is 9.15 Å². The Kier molecular flexibility index (Phi) is 6.96. The predicted molar refractivity (Wildman–Crippen MR) is 127 cm³/mol. The minimum absolute atomic E-state index is 0.0604. The van der Waals surface area contributed by atoms with E-state index in [9.17, 15) is 14.4 Å². The van der Waals surface area contributed by atoms with Crippen molar-refractivity contribution in [1.29, 1.82) is 0 Å². The molecule has 0 saturated carbocycles. The summed E-state index contributed by atoms with van der Waals surface area (Å²) in [6.45, 7) is 2.12. The van der Waals surface area contributed by atoms with E-state index in [0.29, 0.717) is 22.9 Å². The summed E-state index contributed by atoms with van der Waals surface area (Å²) in [7, 11) is 1.55. The molecule has 8 nitrogen and oxygen atoms in total. The quantitative estimate of drug-likeness (QED) is 0.553. The Balaban J connectivity index is 1.51. The molecule has 0 aliphatic carbocycles. The number of nitrogens with one attached hydrogen (secondary N) is 1. The van der Waals surface area contributed by atoms with E-state index in [-0.39, 0.29) is 43.8 Å². The number of furan rings is 1. The zero-order valence-corrected chi connectivity index (χ0v) is 19.2. The molecule has 1 saturated heterocycles. The zero-order valence-electron chi connectivity index (χ0n) is 19.2. The molecule has 8 heteroatoms. The van der Waals surface area contributed by atoms with Gasteiger partial charge in [0.2, 0.25) is 17.7 Å². The first-order valence-electron chi connectivity index (χ1n) is 11.1. The third kappa shape index (κ3) is 5.28. The van der Waals surface area contributed by atoms with Gasteiger partial charge in [-0.1, -0.05) is 24.3 Å². The van der Waals surface area contributed by atoms with Gasteiger partial charge in [0, 0.05) is 18.7 Å². The Labute approximate surface area is 198 Å². The number of para-hydroxylation sites is 1. The molecule has 0 radical (unpaired) electrons. The minimum Gasteiger partial charge on any atom is -0.495 e. The number of methoxy groups -OCH3 is 1. The molecule has 3 amide bonds. The van der Waals surface area contributed by atoms with Crippen molar-refractivity contribution in [3.63, 3.8) is 0 Å². The van der Waals surface area contributed by atoms with E-state index in [1.807, 2.05) is 43.3 Å². The Morgan fingerprint density at radius 3 is 2.65 bits per heavy atom. The maximum absolute atomic E-state index is 13.5. The van der Waals surface area contributed by atoms with Crippen molar-refractivity contribution in [3.05, 3.63) is 78.3 Å². The number of rotatable bonds is 8. The maximum Gasteiger partial charge on any atom is 0.244 e. The first kappa shape index (κ1) is 23.1. The van der Waals surface area contributed by atoms with Crippen LogP contribution in [0.5, 0.6) is 5.75 Å². The largest absolute Gasteiger partial charge is 0.495 e. The van der Waals surface area contributed by atoms with Gasteiger partial charge in [0.25, 0.3) is 0 Å². The fourth-order valence-corrected chi connectivity index (χ4v) is 4.07. The first-order chi connectivity index (χ1) is 16.4. The van der Waals surface area contributed by atoms with E-state index in [1.54, 1.807) is 36.3 Å². The Morgan fingerprint density at radius 2 is 1.94 bits per heavy atom.